The molecule has 0 aromatic carbocycles. The zero-order valence-corrected chi connectivity index (χ0v) is 10.2. The van der Waals surface area contributed by atoms with Crippen molar-refractivity contribution in [1.29, 1.82) is 0 Å². The van der Waals surface area contributed by atoms with Gasteiger partial charge in [-0.1, -0.05) is 6.92 Å². The highest BCUT2D eigenvalue weighted by atomic mass is 35.5. The molecule has 0 aliphatic heterocycles. The smallest absolute Gasteiger partial charge is 0.249 e. The number of pyridine rings is 1. The van der Waals surface area contributed by atoms with Gasteiger partial charge in [0.15, 0.2) is 0 Å². The highest BCUT2D eigenvalue weighted by molar-refractivity contribution is 7.99. The largest absolute Gasteiger partial charge is 0.419 e. The number of alkyl halides is 4. The number of hydrogen-bond acceptors (Lipinski definition) is 2. The first-order valence-corrected chi connectivity index (χ1v) is 6.18. The molecular formula is C10H11ClF3NS. The van der Waals surface area contributed by atoms with Crippen LogP contribution in [-0.2, 0) is 6.18 Å². The van der Waals surface area contributed by atoms with E-state index in [1.54, 1.807) is 0 Å². The van der Waals surface area contributed by atoms with Crippen LogP contribution in [0.3, 0.4) is 0 Å². The Morgan fingerprint density at radius 2 is 2.19 bits per heavy atom. The van der Waals surface area contributed by atoms with Crippen LogP contribution in [0.5, 0.6) is 0 Å². The number of halogens is 4. The lowest BCUT2D eigenvalue weighted by molar-refractivity contribution is -0.140. The van der Waals surface area contributed by atoms with Crippen LogP contribution >= 0.6 is 23.4 Å². The third kappa shape index (κ3) is 3.87. The van der Waals surface area contributed by atoms with Gasteiger partial charge < -0.3 is 0 Å². The second-order valence-corrected chi connectivity index (χ2v) is 4.74. The van der Waals surface area contributed by atoms with Gasteiger partial charge in [-0.25, -0.2) is 4.98 Å². The van der Waals surface area contributed by atoms with Crippen molar-refractivity contribution in [3.63, 3.8) is 0 Å². The molecular weight excluding hydrogens is 259 g/mol. The third-order valence-corrected chi connectivity index (χ3v) is 3.71. The van der Waals surface area contributed by atoms with Gasteiger partial charge in [0.2, 0.25) is 0 Å². The fourth-order valence-electron chi connectivity index (χ4n) is 0.987. The molecule has 1 atom stereocenters. The molecule has 90 valence electrons. The summed E-state index contributed by atoms with van der Waals surface area (Å²) in [5.74, 6) is 1.12. The summed E-state index contributed by atoms with van der Waals surface area (Å²) in [6.07, 6.45) is -2.98. The Morgan fingerprint density at radius 3 is 2.75 bits per heavy atom. The van der Waals surface area contributed by atoms with Gasteiger partial charge in [-0.15, -0.1) is 23.4 Å². The summed E-state index contributed by atoms with van der Waals surface area (Å²) in [5.41, 5.74) is -0.679. The summed E-state index contributed by atoms with van der Waals surface area (Å²) in [5, 5.41) is 0.0203. The van der Waals surface area contributed by atoms with E-state index in [1.165, 1.54) is 12.3 Å². The molecule has 16 heavy (non-hydrogen) atoms. The van der Waals surface area contributed by atoms with Crippen molar-refractivity contribution in [2.75, 3.05) is 11.6 Å². The van der Waals surface area contributed by atoms with Gasteiger partial charge in [-0.05, 0) is 18.1 Å². The number of nitrogens with zero attached hydrogens (tertiary/aromatic N) is 1. The molecule has 0 bridgehead atoms. The molecule has 1 aromatic rings. The maximum Gasteiger partial charge on any atom is 0.419 e. The van der Waals surface area contributed by atoms with Gasteiger partial charge in [0, 0.05) is 17.8 Å². The molecule has 1 rings (SSSR count). The molecule has 0 saturated heterocycles. The predicted molar refractivity (Wildman–Crippen MR) is 59.8 cm³/mol. The molecule has 0 radical (unpaired) electrons. The normalized spacial score (nSPS) is 13.8. The van der Waals surface area contributed by atoms with E-state index in [0.717, 1.165) is 17.8 Å². The summed E-state index contributed by atoms with van der Waals surface area (Å²) in [7, 11) is 0. The van der Waals surface area contributed by atoms with E-state index in [0.29, 0.717) is 11.6 Å². The first-order valence-electron chi connectivity index (χ1n) is 4.66. The van der Waals surface area contributed by atoms with E-state index in [9.17, 15) is 13.2 Å². The summed E-state index contributed by atoms with van der Waals surface area (Å²) >= 11 is 6.68. The quantitative estimate of drug-likeness (QED) is 0.604. The first-order chi connectivity index (χ1) is 7.45. The minimum atomic E-state index is -4.35. The first kappa shape index (κ1) is 13.6. The monoisotopic (exact) mass is 269 g/mol. The molecule has 0 saturated carbocycles. The van der Waals surface area contributed by atoms with Crippen LogP contribution in [0.1, 0.15) is 12.5 Å². The number of hydrogen-bond donors (Lipinski definition) is 0. The van der Waals surface area contributed by atoms with Gasteiger partial charge in [-0.3, -0.25) is 0 Å². The average Bonchev–Trinajstić information content (AvgIpc) is 2.25. The van der Waals surface area contributed by atoms with Crippen molar-refractivity contribution in [2.45, 2.75) is 18.1 Å². The minimum Gasteiger partial charge on any atom is -0.249 e. The molecule has 1 aromatic heterocycles. The Balaban J connectivity index is 2.80. The fourth-order valence-corrected chi connectivity index (χ4v) is 2.26. The van der Waals surface area contributed by atoms with Crippen LogP contribution in [0, 0.1) is 5.92 Å². The lowest BCUT2D eigenvalue weighted by atomic mass is 10.3. The van der Waals surface area contributed by atoms with Crippen molar-refractivity contribution in [1.82, 2.24) is 4.98 Å². The van der Waals surface area contributed by atoms with Gasteiger partial charge in [-0.2, -0.15) is 13.2 Å². The molecule has 1 unspecified atom stereocenters. The molecule has 1 heterocycles. The van der Waals surface area contributed by atoms with Crippen LogP contribution in [0.15, 0.2) is 23.4 Å². The topological polar surface area (TPSA) is 12.9 Å². The van der Waals surface area contributed by atoms with Crippen molar-refractivity contribution >= 4 is 23.4 Å². The molecule has 0 N–H and O–H groups in total. The maximum atomic E-state index is 12.6. The van der Waals surface area contributed by atoms with Crippen LogP contribution in [0.2, 0.25) is 0 Å². The molecule has 0 spiro atoms. The maximum absolute atomic E-state index is 12.6. The highest BCUT2D eigenvalue weighted by Gasteiger charge is 2.34. The fraction of sp³-hybridized carbons (Fsp3) is 0.500. The zero-order chi connectivity index (χ0) is 12.2. The van der Waals surface area contributed by atoms with E-state index < -0.39 is 11.7 Å². The standard InChI is InChI=1S/C10H11ClF3NS/c1-7(5-11)6-16-9-8(10(12,13)14)3-2-4-15-9/h2-4,7H,5-6H2,1H3. The lowest BCUT2D eigenvalue weighted by Gasteiger charge is -2.12. The van der Waals surface area contributed by atoms with Gasteiger partial charge in [0.25, 0.3) is 0 Å². The van der Waals surface area contributed by atoms with Gasteiger partial charge in [0.1, 0.15) is 5.03 Å². The van der Waals surface area contributed by atoms with E-state index >= 15 is 0 Å². The van der Waals surface area contributed by atoms with Crippen LogP contribution in [0.25, 0.3) is 0 Å². The van der Waals surface area contributed by atoms with Crippen molar-refractivity contribution in [3.05, 3.63) is 23.9 Å². The molecule has 1 nitrogen and oxygen atoms in total. The summed E-state index contributed by atoms with van der Waals surface area (Å²) in [6, 6.07) is 2.33. The molecule has 0 aliphatic rings. The predicted octanol–water partition coefficient (Wildman–Crippen LogP) is 4.07. The SMILES string of the molecule is CC(CCl)CSc1ncccc1C(F)(F)F. The van der Waals surface area contributed by atoms with Crippen molar-refractivity contribution in [2.24, 2.45) is 5.92 Å². The molecule has 6 heteroatoms. The van der Waals surface area contributed by atoms with E-state index in [2.05, 4.69) is 4.98 Å². The van der Waals surface area contributed by atoms with Crippen molar-refractivity contribution in [3.8, 4) is 0 Å². The van der Waals surface area contributed by atoms with Gasteiger partial charge >= 0.3 is 6.18 Å². The summed E-state index contributed by atoms with van der Waals surface area (Å²) < 4.78 is 37.7. The second kappa shape index (κ2) is 5.77. The number of thioether (sulfide) groups is 1. The Hall–Kier alpha value is -0.420. The Kier molecular flexibility index (Phi) is 4.92. The van der Waals surface area contributed by atoms with Crippen LogP contribution in [0.4, 0.5) is 13.2 Å². The minimum absolute atomic E-state index is 0.0203. The average molecular weight is 270 g/mol. The second-order valence-electron chi connectivity index (χ2n) is 3.42. The van der Waals surface area contributed by atoms with E-state index in [1.807, 2.05) is 6.92 Å². The summed E-state index contributed by atoms with van der Waals surface area (Å²) in [6.45, 7) is 1.89. The van der Waals surface area contributed by atoms with Crippen molar-refractivity contribution < 1.29 is 13.2 Å². The van der Waals surface area contributed by atoms with E-state index in [-0.39, 0.29) is 10.9 Å². The third-order valence-electron chi connectivity index (χ3n) is 1.84. The molecule has 0 aliphatic carbocycles. The number of aromatic nitrogens is 1. The summed E-state index contributed by atoms with van der Waals surface area (Å²) in [4.78, 5) is 3.75. The van der Waals surface area contributed by atoms with Gasteiger partial charge in [0.05, 0.1) is 5.56 Å². The Bertz CT molecular complexity index is 343. The van der Waals surface area contributed by atoms with Crippen LogP contribution in [-0.4, -0.2) is 16.6 Å². The highest BCUT2D eigenvalue weighted by Crippen LogP contribution is 2.35. The van der Waals surface area contributed by atoms with Crippen LogP contribution < -0.4 is 0 Å². The Morgan fingerprint density at radius 1 is 1.50 bits per heavy atom. The zero-order valence-electron chi connectivity index (χ0n) is 8.59. The molecule has 0 fully saturated rings. The Labute approximate surface area is 101 Å². The molecule has 0 amide bonds. The van der Waals surface area contributed by atoms with E-state index in [4.69, 9.17) is 11.6 Å². The number of rotatable bonds is 4. The lowest BCUT2D eigenvalue weighted by Crippen LogP contribution is -2.09.